The Balaban J connectivity index is 1.42. The first-order valence-electron chi connectivity index (χ1n) is 10.3. The number of benzene rings is 1. The number of hydrogen-bond donors (Lipinski definition) is 2. The summed E-state index contributed by atoms with van der Waals surface area (Å²) >= 11 is 0. The third kappa shape index (κ3) is 5.03. The predicted molar refractivity (Wildman–Crippen MR) is 114 cm³/mol. The molecular formula is C22H22F2N6O3. The largest absolute Gasteiger partial charge is 0.385 e. The van der Waals surface area contributed by atoms with E-state index < -0.39 is 36.9 Å². The molecule has 11 heteroatoms. The minimum atomic E-state index is -3.36. The molecule has 0 aliphatic carbocycles. The Kier molecular flexibility index (Phi) is 6.14. The normalized spacial score (nSPS) is 17.2. The highest BCUT2D eigenvalue weighted by Gasteiger charge is 2.48. The molecule has 33 heavy (non-hydrogen) atoms. The highest BCUT2D eigenvalue weighted by molar-refractivity contribution is 6.04. The van der Waals surface area contributed by atoms with Gasteiger partial charge >= 0.3 is 0 Å². The van der Waals surface area contributed by atoms with Gasteiger partial charge in [0.2, 0.25) is 0 Å². The average molecular weight is 456 g/mol. The SMILES string of the molecule is Cn1cnnc1CCc1cccc(NC(=O)c2cc(C(=O)N3CC(O)C(F)(F)C3)ccn2)c1. The van der Waals surface area contributed by atoms with Gasteiger partial charge in [0.25, 0.3) is 17.7 Å². The number of amides is 2. The smallest absolute Gasteiger partial charge is 0.292 e. The minimum absolute atomic E-state index is 0.0307. The lowest BCUT2D eigenvalue weighted by Crippen LogP contribution is -2.32. The van der Waals surface area contributed by atoms with Crippen LogP contribution in [-0.4, -0.2) is 66.7 Å². The van der Waals surface area contributed by atoms with Crippen LogP contribution in [0.4, 0.5) is 14.5 Å². The molecule has 9 nitrogen and oxygen atoms in total. The molecule has 1 aromatic carbocycles. The monoisotopic (exact) mass is 456 g/mol. The number of aliphatic hydroxyl groups excluding tert-OH is 1. The van der Waals surface area contributed by atoms with Crippen LogP contribution in [0.3, 0.4) is 0 Å². The van der Waals surface area contributed by atoms with Crippen LogP contribution >= 0.6 is 0 Å². The van der Waals surface area contributed by atoms with Crippen molar-refractivity contribution in [2.75, 3.05) is 18.4 Å². The van der Waals surface area contributed by atoms with Gasteiger partial charge in [-0.15, -0.1) is 10.2 Å². The Hall–Kier alpha value is -3.73. The molecular weight excluding hydrogens is 434 g/mol. The van der Waals surface area contributed by atoms with Crippen LogP contribution in [0, 0.1) is 0 Å². The summed E-state index contributed by atoms with van der Waals surface area (Å²) in [4.78, 5) is 30.1. The third-order valence-corrected chi connectivity index (χ3v) is 5.44. The molecule has 4 rings (SSSR count). The van der Waals surface area contributed by atoms with Gasteiger partial charge in [-0.1, -0.05) is 12.1 Å². The zero-order valence-corrected chi connectivity index (χ0v) is 17.8. The van der Waals surface area contributed by atoms with E-state index in [1.165, 1.54) is 18.3 Å². The number of carbonyl (C=O) groups is 2. The maximum absolute atomic E-state index is 13.6. The van der Waals surface area contributed by atoms with Gasteiger partial charge in [0.15, 0.2) is 0 Å². The molecule has 2 amide bonds. The van der Waals surface area contributed by atoms with Crippen LogP contribution in [0.15, 0.2) is 48.9 Å². The van der Waals surface area contributed by atoms with E-state index in [1.54, 1.807) is 12.4 Å². The number of nitrogens with zero attached hydrogens (tertiary/aromatic N) is 5. The zero-order valence-electron chi connectivity index (χ0n) is 17.8. The maximum Gasteiger partial charge on any atom is 0.292 e. The molecule has 2 N–H and O–H groups in total. The number of carbonyl (C=O) groups excluding carboxylic acids is 2. The van der Waals surface area contributed by atoms with Gasteiger partial charge in [0, 0.05) is 30.9 Å². The first-order chi connectivity index (χ1) is 15.7. The number of rotatable bonds is 6. The standard InChI is InChI=1S/C22H22F2N6O3/c1-29-13-26-28-19(29)6-5-14-3-2-4-16(9-14)27-20(32)17-10-15(7-8-25-17)21(33)30-11-18(31)22(23,24)12-30/h2-4,7-10,13,18,31H,5-6,11-12H2,1H3,(H,27,32). The van der Waals surface area contributed by atoms with Crippen LogP contribution in [0.2, 0.25) is 0 Å². The van der Waals surface area contributed by atoms with Crippen LogP contribution in [-0.2, 0) is 19.9 Å². The Labute approximate surface area is 188 Å². The number of anilines is 1. The molecule has 1 fully saturated rings. The van der Waals surface area contributed by atoms with Crippen molar-refractivity contribution in [3.8, 4) is 0 Å². The van der Waals surface area contributed by atoms with Gasteiger partial charge in [0.05, 0.1) is 13.1 Å². The first kappa shape index (κ1) is 22.5. The number of likely N-dealkylation sites (tertiary alicyclic amines) is 1. The summed E-state index contributed by atoms with van der Waals surface area (Å²) in [5.74, 6) is -3.76. The van der Waals surface area contributed by atoms with Gasteiger partial charge < -0.3 is 19.9 Å². The number of pyridine rings is 1. The average Bonchev–Trinajstić information content (AvgIpc) is 3.33. The summed E-state index contributed by atoms with van der Waals surface area (Å²) in [5.41, 5.74) is 1.55. The fraction of sp³-hybridized carbons (Fsp3) is 0.318. The summed E-state index contributed by atoms with van der Waals surface area (Å²) < 4.78 is 29.0. The summed E-state index contributed by atoms with van der Waals surface area (Å²) in [5, 5.41) is 20.1. The van der Waals surface area contributed by atoms with E-state index in [0.29, 0.717) is 18.5 Å². The topological polar surface area (TPSA) is 113 Å². The summed E-state index contributed by atoms with van der Waals surface area (Å²) in [6.07, 6.45) is 2.38. The molecule has 1 aliphatic heterocycles. The van der Waals surface area contributed by atoms with Crippen molar-refractivity contribution in [1.82, 2.24) is 24.6 Å². The van der Waals surface area contributed by atoms with Gasteiger partial charge in [-0.25, -0.2) is 8.78 Å². The summed E-state index contributed by atoms with van der Waals surface area (Å²) in [7, 11) is 1.87. The highest BCUT2D eigenvalue weighted by Crippen LogP contribution is 2.28. The molecule has 172 valence electrons. The highest BCUT2D eigenvalue weighted by atomic mass is 19.3. The molecule has 0 bridgehead atoms. The van der Waals surface area contributed by atoms with Gasteiger partial charge in [-0.3, -0.25) is 14.6 Å². The Bertz CT molecular complexity index is 1180. The second-order valence-corrected chi connectivity index (χ2v) is 7.90. The van der Waals surface area contributed by atoms with Gasteiger partial charge in [-0.05, 0) is 36.2 Å². The van der Waals surface area contributed by atoms with Crippen LogP contribution in [0.1, 0.15) is 32.2 Å². The zero-order chi connectivity index (χ0) is 23.6. The lowest BCUT2D eigenvalue weighted by Gasteiger charge is -2.15. The lowest BCUT2D eigenvalue weighted by molar-refractivity contribution is -0.0727. The van der Waals surface area contributed by atoms with Crippen molar-refractivity contribution in [1.29, 1.82) is 0 Å². The molecule has 3 heterocycles. The van der Waals surface area contributed by atoms with Crippen molar-refractivity contribution in [3.05, 3.63) is 71.6 Å². The van der Waals surface area contributed by atoms with Crippen molar-refractivity contribution >= 4 is 17.5 Å². The lowest BCUT2D eigenvalue weighted by atomic mass is 10.1. The van der Waals surface area contributed by atoms with Crippen molar-refractivity contribution in [2.24, 2.45) is 7.05 Å². The van der Waals surface area contributed by atoms with Crippen LogP contribution < -0.4 is 5.32 Å². The fourth-order valence-corrected chi connectivity index (χ4v) is 3.58. The first-order valence-corrected chi connectivity index (χ1v) is 10.3. The molecule has 1 unspecified atom stereocenters. The van der Waals surface area contributed by atoms with Crippen molar-refractivity contribution < 1.29 is 23.5 Å². The van der Waals surface area contributed by atoms with Crippen molar-refractivity contribution in [2.45, 2.75) is 24.9 Å². The minimum Gasteiger partial charge on any atom is -0.385 e. The van der Waals surface area contributed by atoms with E-state index >= 15 is 0 Å². The summed E-state index contributed by atoms with van der Waals surface area (Å²) in [6, 6.07) is 9.90. The van der Waals surface area contributed by atoms with Gasteiger partial charge in [0.1, 0.15) is 23.9 Å². The van der Waals surface area contributed by atoms with Crippen molar-refractivity contribution in [3.63, 3.8) is 0 Å². The number of β-amino-alcohol motifs (C(OH)–C–C–N with tert-alkyl or cyclic N) is 1. The predicted octanol–water partition coefficient (Wildman–Crippen LogP) is 1.70. The fourth-order valence-electron chi connectivity index (χ4n) is 3.58. The van der Waals surface area contributed by atoms with Gasteiger partial charge in [-0.2, -0.15) is 0 Å². The second kappa shape index (κ2) is 9.02. The van der Waals surface area contributed by atoms with E-state index in [1.807, 2.05) is 29.8 Å². The number of aryl methyl sites for hydroxylation is 3. The molecule has 3 aromatic rings. The van der Waals surface area contributed by atoms with E-state index in [-0.39, 0.29) is 11.3 Å². The van der Waals surface area contributed by atoms with E-state index in [9.17, 15) is 23.5 Å². The summed E-state index contributed by atoms with van der Waals surface area (Å²) in [6.45, 7) is -1.35. The molecule has 1 saturated heterocycles. The Morgan fingerprint density at radius 3 is 2.76 bits per heavy atom. The number of aliphatic hydroxyl groups is 1. The van der Waals surface area contributed by atoms with Crippen LogP contribution in [0.5, 0.6) is 0 Å². The number of hydrogen-bond acceptors (Lipinski definition) is 6. The molecule has 0 saturated carbocycles. The molecule has 1 atom stereocenters. The molecule has 2 aromatic heterocycles. The number of halogens is 2. The van der Waals surface area contributed by atoms with E-state index in [2.05, 4.69) is 20.5 Å². The number of alkyl halides is 2. The Morgan fingerprint density at radius 1 is 1.24 bits per heavy atom. The molecule has 0 spiro atoms. The van der Waals surface area contributed by atoms with E-state index in [4.69, 9.17) is 0 Å². The third-order valence-electron chi connectivity index (χ3n) is 5.44. The molecule has 0 radical (unpaired) electrons. The Morgan fingerprint density at radius 2 is 2.06 bits per heavy atom. The quantitative estimate of drug-likeness (QED) is 0.584. The number of aromatic nitrogens is 4. The van der Waals surface area contributed by atoms with E-state index in [0.717, 1.165) is 16.3 Å². The number of nitrogens with one attached hydrogen (secondary N) is 1. The molecule has 1 aliphatic rings. The van der Waals surface area contributed by atoms with Crippen LogP contribution in [0.25, 0.3) is 0 Å². The maximum atomic E-state index is 13.6. The second-order valence-electron chi connectivity index (χ2n) is 7.90.